The van der Waals surface area contributed by atoms with Crippen molar-refractivity contribution in [2.75, 3.05) is 0 Å². The Balaban J connectivity index is 1.93. The number of nitrogens with zero attached hydrogens (tertiary/aromatic N) is 2. The molecule has 2 heteroatoms. The third kappa shape index (κ3) is 1.49. The van der Waals surface area contributed by atoms with E-state index in [1.54, 1.807) is 0 Å². The maximum atomic E-state index is 8.82. The fraction of sp³-hybridized carbons (Fsp3) is 0.357. The Morgan fingerprint density at radius 1 is 1.25 bits per heavy atom. The van der Waals surface area contributed by atoms with Gasteiger partial charge in [-0.2, -0.15) is 5.26 Å². The predicted octanol–water partition coefficient (Wildman–Crippen LogP) is 3.34. The maximum absolute atomic E-state index is 8.82. The number of para-hydroxylation sites is 1. The van der Waals surface area contributed by atoms with Gasteiger partial charge in [0.05, 0.1) is 6.07 Å². The highest BCUT2D eigenvalue weighted by Crippen LogP contribution is 2.50. The summed E-state index contributed by atoms with van der Waals surface area (Å²) in [6.45, 7) is 0.994. The lowest BCUT2D eigenvalue weighted by Gasteiger charge is -2.13. The van der Waals surface area contributed by atoms with Gasteiger partial charge in [-0.05, 0) is 30.4 Å². The first-order chi connectivity index (χ1) is 7.83. The van der Waals surface area contributed by atoms with Gasteiger partial charge in [-0.25, -0.2) is 0 Å². The second-order valence-electron chi connectivity index (χ2n) is 4.84. The van der Waals surface area contributed by atoms with E-state index in [1.807, 2.05) is 0 Å². The summed E-state index contributed by atoms with van der Waals surface area (Å²) in [5.41, 5.74) is 1.56. The first kappa shape index (κ1) is 9.47. The summed E-state index contributed by atoms with van der Waals surface area (Å²) in [5.74, 6) is 0. The van der Waals surface area contributed by atoms with Gasteiger partial charge in [0, 0.05) is 30.1 Å². The summed E-state index contributed by atoms with van der Waals surface area (Å²) in [6, 6.07) is 12.9. The van der Waals surface area contributed by atoms with Gasteiger partial charge >= 0.3 is 0 Å². The van der Waals surface area contributed by atoms with Crippen LogP contribution in [0.2, 0.25) is 0 Å². The lowest BCUT2D eigenvalue weighted by atomic mass is 10.0. The molecule has 1 aliphatic rings. The summed E-state index contributed by atoms with van der Waals surface area (Å²) in [4.78, 5) is 0. The van der Waals surface area contributed by atoms with E-state index < -0.39 is 0 Å². The molecule has 16 heavy (non-hydrogen) atoms. The molecule has 1 aromatic carbocycles. The standard InChI is InChI=1S/C14H14N2/c15-9-8-14(6-7-14)11-16-10-5-12-3-1-2-4-13(12)16/h1-5,10H,6-8,11H2. The molecule has 1 aromatic heterocycles. The van der Waals surface area contributed by atoms with E-state index in [2.05, 4.69) is 47.2 Å². The quantitative estimate of drug-likeness (QED) is 0.763. The highest BCUT2D eigenvalue weighted by molar-refractivity contribution is 5.79. The van der Waals surface area contributed by atoms with Crippen molar-refractivity contribution in [1.82, 2.24) is 4.57 Å². The molecule has 0 amide bonds. The Kier molecular flexibility index (Phi) is 2.00. The van der Waals surface area contributed by atoms with Crippen molar-refractivity contribution in [1.29, 1.82) is 5.26 Å². The van der Waals surface area contributed by atoms with Crippen molar-refractivity contribution in [2.45, 2.75) is 25.8 Å². The second kappa shape index (κ2) is 3.38. The third-order valence-corrected chi connectivity index (χ3v) is 3.60. The van der Waals surface area contributed by atoms with Crippen LogP contribution in [0.25, 0.3) is 10.9 Å². The minimum Gasteiger partial charge on any atom is -0.347 e. The van der Waals surface area contributed by atoms with Crippen molar-refractivity contribution in [3.05, 3.63) is 36.5 Å². The normalized spacial score (nSPS) is 17.2. The van der Waals surface area contributed by atoms with Gasteiger partial charge in [0.25, 0.3) is 0 Å². The van der Waals surface area contributed by atoms with Crippen LogP contribution >= 0.6 is 0 Å². The Bertz CT molecular complexity index is 555. The maximum Gasteiger partial charge on any atom is 0.0628 e. The van der Waals surface area contributed by atoms with E-state index in [0.29, 0.717) is 6.42 Å². The van der Waals surface area contributed by atoms with Crippen LogP contribution in [0.4, 0.5) is 0 Å². The lowest BCUT2D eigenvalue weighted by Crippen LogP contribution is -2.10. The summed E-state index contributed by atoms with van der Waals surface area (Å²) < 4.78 is 2.29. The van der Waals surface area contributed by atoms with Crippen LogP contribution in [0.3, 0.4) is 0 Å². The molecule has 1 saturated carbocycles. The number of hydrogen-bond acceptors (Lipinski definition) is 1. The Morgan fingerprint density at radius 2 is 2.06 bits per heavy atom. The molecule has 0 radical (unpaired) electrons. The van der Waals surface area contributed by atoms with Crippen LogP contribution < -0.4 is 0 Å². The van der Waals surface area contributed by atoms with Crippen LogP contribution in [0.5, 0.6) is 0 Å². The molecule has 1 heterocycles. The van der Waals surface area contributed by atoms with E-state index in [4.69, 9.17) is 5.26 Å². The molecule has 0 spiro atoms. The van der Waals surface area contributed by atoms with Gasteiger partial charge in [-0.1, -0.05) is 18.2 Å². The number of nitriles is 1. The molecule has 2 aromatic rings. The zero-order valence-electron chi connectivity index (χ0n) is 9.19. The Hall–Kier alpha value is -1.75. The second-order valence-corrected chi connectivity index (χ2v) is 4.84. The molecule has 0 bridgehead atoms. The summed E-state index contributed by atoms with van der Waals surface area (Å²) in [6.07, 6.45) is 5.24. The van der Waals surface area contributed by atoms with Crippen LogP contribution in [0, 0.1) is 16.7 Å². The molecule has 0 N–H and O–H groups in total. The molecular weight excluding hydrogens is 196 g/mol. The van der Waals surface area contributed by atoms with Crippen molar-refractivity contribution in [3.8, 4) is 6.07 Å². The summed E-state index contributed by atoms with van der Waals surface area (Å²) >= 11 is 0. The molecule has 0 aliphatic heterocycles. The average molecular weight is 210 g/mol. The lowest BCUT2D eigenvalue weighted by molar-refractivity contribution is 0.440. The monoisotopic (exact) mass is 210 g/mol. The van der Waals surface area contributed by atoms with Gasteiger partial charge in [0.1, 0.15) is 0 Å². The predicted molar refractivity (Wildman–Crippen MR) is 63.8 cm³/mol. The minimum absolute atomic E-state index is 0.274. The number of hydrogen-bond donors (Lipinski definition) is 0. The number of benzene rings is 1. The van der Waals surface area contributed by atoms with Crippen molar-refractivity contribution in [2.24, 2.45) is 5.41 Å². The SMILES string of the molecule is N#CCC1(Cn2ccc3ccccc32)CC1. The van der Waals surface area contributed by atoms with E-state index in [0.717, 1.165) is 6.54 Å². The number of aromatic nitrogens is 1. The molecule has 0 atom stereocenters. The highest BCUT2D eigenvalue weighted by Gasteiger charge is 2.42. The van der Waals surface area contributed by atoms with Gasteiger partial charge in [0.2, 0.25) is 0 Å². The van der Waals surface area contributed by atoms with Crippen LogP contribution in [0.15, 0.2) is 36.5 Å². The Morgan fingerprint density at radius 3 is 2.81 bits per heavy atom. The van der Waals surface area contributed by atoms with Crippen molar-refractivity contribution >= 4 is 10.9 Å². The van der Waals surface area contributed by atoms with E-state index in [1.165, 1.54) is 23.7 Å². The average Bonchev–Trinajstić information content (AvgIpc) is 2.93. The fourth-order valence-corrected chi connectivity index (χ4v) is 2.38. The fourth-order valence-electron chi connectivity index (χ4n) is 2.38. The van der Waals surface area contributed by atoms with Crippen LogP contribution in [-0.2, 0) is 6.54 Å². The first-order valence-electron chi connectivity index (χ1n) is 5.74. The van der Waals surface area contributed by atoms with Gasteiger partial charge in [-0.15, -0.1) is 0 Å². The van der Waals surface area contributed by atoms with Crippen LogP contribution in [-0.4, -0.2) is 4.57 Å². The smallest absolute Gasteiger partial charge is 0.0628 e. The molecule has 2 nitrogen and oxygen atoms in total. The van der Waals surface area contributed by atoms with Gasteiger partial charge < -0.3 is 4.57 Å². The minimum atomic E-state index is 0.274. The summed E-state index contributed by atoms with van der Waals surface area (Å²) in [7, 11) is 0. The largest absolute Gasteiger partial charge is 0.347 e. The third-order valence-electron chi connectivity index (χ3n) is 3.60. The molecule has 3 rings (SSSR count). The van der Waals surface area contributed by atoms with Crippen molar-refractivity contribution in [3.63, 3.8) is 0 Å². The van der Waals surface area contributed by atoms with Gasteiger partial charge in [0.15, 0.2) is 0 Å². The number of rotatable bonds is 3. The molecule has 1 aliphatic carbocycles. The van der Waals surface area contributed by atoms with E-state index in [9.17, 15) is 0 Å². The first-order valence-corrected chi connectivity index (χ1v) is 5.74. The topological polar surface area (TPSA) is 28.7 Å². The molecule has 1 fully saturated rings. The Labute approximate surface area is 95.1 Å². The zero-order valence-corrected chi connectivity index (χ0v) is 9.19. The van der Waals surface area contributed by atoms with Crippen LogP contribution in [0.1, 0.15) is 19.3 Å². The number of fused-ring (bicyclic) bond motifs is 1. The molecule has 80 valence electrons. The van der Waals surface area contributed by atoms with Crippen molar-refractivity contribution < 1.29 is 0 Å². The molecule has 0 unspecified atom stereocenters. The molecule has 0 saturated heterocycles. The molecular formula is C14H14N2. The zero-order chi connectivity index (χ0) is 11.0. The van der Waals surface area contributed by atoms with E-state index >= 15 is 0 Å². The van der Waals surface area contributed by atoms with E-state index in [-0.39, 0.29) is 5.41 Å². The summed E-state index contributed by atoms with van der Waals surface area (Å²) in [5, 5.41) is 10.1. The highest BCUT2D eigenvalue weighted by atomic mass is 15.0. The van der Waals surface area contributed by atoms with Gasteiger partial charge in [-0.3, -0.25) is 0 Å².